The van der Waals surface area contributed by atoms with Crippen molar-refractivity contribution in [2.24, 2.45) is 0 Å². The summed E-state index contributed by atoms with van der Waals surface area (Å²) >= 11 is 0. The fraction of sp³-hybridized carbons (Fsp3) is 0.312. The van der Waals surface area contributed by atoms with Gasteiger partial charge in [-0.05, 0) is 51.3 Å². The molecule has 0 spiro atoms. The number of aromatic nitrogens is 2. The minimum absolute atomic E-state index is 0.228. The standard InChI is InChI=1S/C16H21N5O2/c1-21(2)10-4-8-17-16-18-9-7-14(20-16)19-13-6-3-5-12(11-13)15(22)23/h3,5-7,9,11H,4,8,10H2,1-2H3,(H,22,23)(H2,17,18,19,20). The van der Waals surface area contributed by atoms with Crippen LogP contribution in [0.4, 0.5) is 17.5 Å². The molecule has 0 bridgehead atoms. The molecule has 122 valence electrons. The molecule has 1 aromatic heterocycles. The molecule has 1 heterocycles. The summed E-state index contributed by atoms with van der Waals surface area (Å²) < 4.78 is 0. The van der Waals surface area contributed by atoms with Crippen LogP contribution in [0.25, 0.3) is 0 Å². The predicted molar refractivity (Wildman–Crippen MR) is 90.4 cm³/mol. The summed E-state index contributed by atoms with van der Waals surface area (Å²) in [5, 5.41) is 15.3. The molecule has 7 heteroatoms. The fourth-order valence-electron chi connectivity index (χ4n) is 1.99. The first kappa shape index (κ1) is 16.7. The van der Waals surface area contributed by atoms with Gasteiger partial charge in [0, 0.05) is 18.4 Å². The average molecular weight is 315 g/mol. The Labute approximate surface area is 135 Å². The van der Waals surface area contributed by atoms with Crippen LogP contribution in [0.5, 0.6) is 0 Å². The van der Waals surface area contributed by atoms with Crippen LogP contribution >= 0.6 is 0 Å². The number of carbonyl (C=O) groups is 1. The molecule has 0 atom stereocenters. The Balaban J connectivity index is 1.97. The number of hydrogen-bond donors (Lipinski definition) is 3. The number of benzene rings is 1. The van der Waals surface area contributed by atoms with Crippen molar-refractivity contribution in [3.8, 4) is 0 Å². The van der Waals surface area contributed by atoms with E-state index in [0.29, 0.717) is 17.5 Å². The Morgan fingerprint density at radius 3 is 2.87 bits per heavy atom. The maximum absolute atomic E-state index is 11.0. The zero-order chi connectivity index (χ0) is 16.7. The molecular formula is C16H21N5O2. The third-order valence-electron chi connectivity index (χ3n) is 3.10. The van der Waals surface area contributed by atoms with Crippen LogP contribution in [0.1, 0.15) is 16.8 Å². The first-order valence-electron chi connectivity index (χ1n) is 7.36. The van der Waals surface area contributed by atoms with Crippen LogP contribution in [0.2, 0.25) is 0 Å². The topological polar surface area (TPSA) is 90.4 Å². The third-order valence-corrected chi connectivity index (χ3v) is 3.10. The summed E-state index contributed by atoms with van der Waals surface area (Å²) in [6.07, 6.45) is 2.65. The summed E-state index contributed by atoms with van der Waals surface area (Å²) in [5.41, 5.74) is 0.897. The van der Waals surface area contributed by atoms with Crippen LogP contribution in [-0.2, 0) is 0 Å². The highest BCUT2D eigenvalue weighted by Crippen LogP contribution is 2.16. The van der Waals surface area contributed by atoms with Gasteiger partial charge in [-0.15, -0.1) is 0 Å². The van der Waals surface area contributed by atoms with Gasteiger partial charge in [0.1, 0.15) is 5.82 Å². The van der Waals surface area contributed by atoms with Crippen molar-refractivity contribution in [1.29, 1.82) is 0 Å². The number of carboxylic acid groups (broad SMARTS) is 1. The number of aromatic carboxylic acids is 1. The van der Waals surface area contributed by atoms with Crippen molar-refractivity contribution in [3.63, 3.8) is 0 Å². The molecule has 0 aliphatic rings. The average Bonchev–Trinajstić information content (AvgIpc) is 2.52. The van der Waals surface area contributed by atoms with Gasteiger partial charge in [-0.2, -0.15) is 4.98 Å². The molecule has 0 amide bonds. The molecule has 0 aliphatic carbocycles. The van der Waals surface area contributed by atoms with E-state index in [1.54, 1.807) is 36.5 Å². The molecule has 0 saturated heterocycles. The molecule has 0 saturated carbocycles. The quantitative estimate of drug-likeness (QED) is 0.644. The molecule has 7 nitrogen and oxygen atoms in total. The fourth-order valence-corrected chi connectivity index (χ4v) is 1.99. The number of rotatable bonds is 8. The SMILES string of the molecule is CN(C)CCCNc1nccc(Nc2cccc(C(=O)O)c2)n1. The van der Waals surface area contributed by atoms with Gasteiger partial charge in [0.15, 0.2) is 0 Å². The van der Waals surface area contributed by atoms with Crippen LogP contribution in [0.3, 0.4) is 0 Å². The Morgan fingerprint density at radius 2 is 2.13 bits per heavy atom. The summed E-state index contributed by atoms with van der Waals surface area (Å²) in [6.45, 7) is 1.78. The second kappa shape index (κ2) is 8.09. The third kappa shape index (κ3) is 5.55. The maximum atomic E-state index is 11.0. The largest absolute Gasteiger partial charge is 0.478 e. The monoisotopic (exact) mass is 315 g/mol. The van der Waals surface area contributed by atoms with Crippen molar-refractivity contribution in [2.45, 2.75) is 6.42 Å². The normalized spacial score (nSPS) is 10.6. The molecule has 2 rings (SSSR count). The number of hydrogen-bond acceptors (Lipinski definition) is 6. The van der Waals surface area contributed by atoms with Crippen LogP contribution < -0.4 is 10.6 Å². The second-order valence-corrected chi connectivity index (χ2v) is 5.36. The van der Waals surface area contributed by atoms with Crippen molar-refractivity contribution in [3.05, 3.63) is 42.1 Å². The summed E-state index contributed by atoms with van der Waals surface area (Å²) in [5.74, 6) is 0.195. The number of nitrogens with zero attached hydrogens (tertiary/aromatic N) is 3. The van der Waals surface area contributed by atoms with Crippen molar-refractivity contribution in [1.82, 2.24) is 14.9 Å². The molecule has 0 unspecified atom stereocenters. The van der Waals surface area contributed by atoms with E-state index in [1.807, 2.05) is 14.1 Å². The molecule has 23 heavy (non-hydrogen) atoms. The number of nitrogens with one attached hydrogen (secondary N) is 2. The van der Waals surface area contributed by atoms with Gasteiger partial charge in [0.05, 0.1) is 5.56 Å². The van der Waals surface area contributed by atoms with Crippen LogP contribution in [-0.4, -0.2) is 53.1 Å². The lowest BCUT2D eigenvalue weighted by Gasteiger charge is -2.11. The Kier molecular flexibility index (Phi) is 5.87. The highest BCUT2D eigenvalue weighted by molar-refractivity contribution is 5.89. The predicted octanol–water partition coefficient (Wildman–Crippen LogP) is 2.28. The molecule has 0 aliphatic heterocycles. The number of carboxylic acids is 1. The van der Waals surface area contributed by atoms with E-state index in [0.717, 1.165) is 19.5 Å². The summed E-state index contributed by atoms with van der Waals surface area (Å²) in [4.78, 5) is 21.6. The van der Waals surface area contributed by atoms with E-state index in [-0.39, 0.29) is 5.56 Å². The first-order valence-corrected chi connectivity index (χ1v) is 7.36. The molecule has 2 aromatic rings. The maximum Gasteiger partial charge on any atom is 0.335 e. The van der Waals surface area contributed by atoms with E-state index in [4.69, 9.17) is 5.11 Å². The van der Waals surface area contributed by atoms with Gasteiger partial charge in [0.2, 0.25) is 5.95 Å². The van der Waals surface area contributed by atoms with Crippen LogP contribution in [0, 0.1) is 0 Å². The molecule has 3 N–H and O–H groups in total. The van der Waals surface area contributed by atoms with E-state index >= 15 is 0 Å². The minimum atomic E-state index is -0.959. The molecule has 1 aromatic carbocycles. The lowest BCUT2D eigenvalue weighted by atomic mass is 10.2. The zero-order valence-corrected chi connectivity index (χ0v) is 13.3. The summed E-state index contributed by atoms with van der Waals surface area (Å²) in [7, 11) is 4.07. The van der Waals surface area contributed by atoms with Gasteiger partial charge < -0.3 is 20.6 Å². The van der Waals surface area contributed by atoms with Gasteiger partial charge in [-0.3, -0.25) is 0 Å². The lowest BCUT2D eigenvalue weighted by molar-refractivity contribution is 0.0697. The van der Waals surface area contributed by atoms with Crippen LogP contribution in [0.15, 0.2) is 36.5 Å². The number of anilines is 3. The second-order valence-electron chi connectivity index (χ2n) is 5.36. The van der Waals surface area contributed by atoms with Crippen molar-refractivity contribution >= 4 is 23.4 Å². The smallest absolute Gasteiger partial charge is 0.335 e. The molecule has 0 fully saturated rings. The van der Waals surface area contributed by atoms with E-state index < -0.39 is 5.97 Å². The van der Waals surface area contributed by atoms with Gasteiger partial charge >= 0.3 is 5.97 Å². The Hall–Kier alpha value is -2.67. The van der Waals surface area contributed by atoms with E-state index in [1.165, 1.54) is 0 Å². The van der Waals surface area contributed by atoms with Gasteiger partial charge in [-0.25, -0.2) is 9.78 Å². The van der Waals surface area contributed by atoms with Crippen molar-refractivity contribution in [2.75, 3.05) is 37.8 Å². The molecule has 0 radical (unpaired) electrons. The highest BCUT2D eigenvalue weighted by atomic mass is 16.4. The van der Waals surface area contributed by atoms with E-state index in [9.17, 15) is 4.79 Å². The lowest BCUT2D eigenvalue weighted by Crippen LogP contribution is -2.17. The molecular weight excluding hydrogens is 294 g/mol. The van der Waals surface area contributed by atoms with Crippen molar-refractivity contribution < 1.29 is 9.90 Å². The van der Waals surface area contributed by atoms with Gasteiger partial charge in [0.25, 0.3) is 0 Å². The zero-order valence-electron chi connectivity index (χ0n) is 13.3. The highest BCUT2D eigenvalue weighted by Gasteiger charge is 2.04. The summed E-state index contributed by atoms with van der Waals surface area (Å²) in [6, 6.07) is 8.32. The first-order chi connectivity index (χ1) is 11.0. The minimum Gasteiger partial charge on any atom is -0.478 e. The Morgan fingerprint density at radius 1 is 1.30 bits per heavy atom. The Bertz CT molecular complexity index is 660. The van der Waals surface area contributed by atoms with Gasteiger partial charge in [-0.1, -0.05) is 6.07 Å². The van der Waals surface area contributed by atoms with E-state index in [2.05, 4.69) is 25.5 Å².